The minimum atomic E-state index is -0.226. The zero-order valence-corrected chi connectivity index (χ0v) is 21.9. The molecule has 2 aromatic rings. The Hall–Kier alpha value is -1.85. The first kappa shape index (κ1) is 23.9. The minimum Gasteiger partial charge on any atom is -0.354 e. The molecule has 1 aromatic carbocycles. The zero-order valence-electron chi connectivity index (χ0n) is 21.1. The number of amides is 1. The Kier molecular flexibility index (Phi) is 6.09. The molecule has 6 heteroatoms. The molecule has 1 aliphatic heterocycles. The number of carbonyl (C=O) groups is 1. The highest BCUT2D eigenvalue weighted by Gasteiger charge is 2.54. The van der Waals surface area contributed by atoms with Gasteiger partial charge in [0.2, 0.25) is 5.91 Å². The lowest BCUT2D eigenvalue weighted by atomic mass is 9.45. The van der Waals surface area contributed by atoms with Gasteiger partial charge >= 0.3 is 0 Å². The molecule has 5 nitrogen and oxygen atoms in total. The van der Waals surface area contributed by atoms with Crippen molar-refractivity contribution < 1.29 is 4.79 Å². The van der Waals surface area contributed by atoms with Crippen molar-refractivity contribution >= 4 is 17.5 Å². The van der Waals surface area contributed by atoms with Crippen LogP contribution in [0.1, 0.15) is 83.5 Å². The lowest BCUT2D eigenvalue weighted by Crippen LogP contribution is -2.55. The van der Waals surface area contributed by atoms with Crippen LogP contribution in [-0.2, 0) is 10.3 Å². The first-order valence-electron chi connectivity index (χ1n) is 12.9. The molecule has 2 heterocycles. The van der Waals surface area contributed by atoms with Crippen molar-refractivity contribution in [3.63, 3.8) is 0 Å². The summed E-state index contributed by atoms with van der Waals surface area (Å²) in [5.74, 6) is 2.49. The smallest absolute Gasteiger partial charge is 0.237 e. The van der Waals surface area contributed by atoms with Gasteiger partial charge in [-0.2, -0.15) is 5.10 Å². The van der Waals surface area contributed by atoms with Crippen LogP contribution in [0.5, 0.6) is 0 Å². The standard InChI is InChI=1S/C28H39ClN4O/c1-27(2,3)33-13-12-23(32-33)21-15-24(31-25(21)17-7-10-20(29)11-8-17)26(34)30-16-18-6-9-19-14-22(18)28(19,4)5/h7-8,10-13,18-19,21-22,24-25,31H,6,9,14-16H2,1-5H3,(H,30,34)/t18-,19-,21+,22+,24-,25-/m0/s1. The number of benzene rings is 1. The number of rotatable bonds is 5. The third-order valence-electron chi connectivity index (χ3n) is 9.04. The van der Waals surface area contributed by atoms with Crippen molar-refractivity contribution in [1.82, 2.24) is 20.4 Å². The van der Waals surface area contributed by atoms with Gasteiger partial charge in [-0.15, -0.1) is 0 Å². The molecular weight excluding hydrogens is 444 g/mol. The van der Waals surface area contributed by atoms with Gasteiger partial charge in [0.25, 0.3) is 0 Å². The molecule has 6 rings (SSSR count). The normalized spacial score (nSPS) is 32.3. The van der Waals surface area contributed by atoms with Crippen LogP contribution >= 0.6 is 11.6 Å². The van der Waals surface area contributed by atoms with Gasteiger partial charge in [0.05, 0.1) is 17.3 Å². The van der Waals surface area contributed by atoms with E-state index in [0.717, 1.165) is 41.1 Å². The van der Waals surface area contributed by atoms with Gasteiger partial charge in [-0.25, -0.2) is 0 Å². The maximum atomic E-state index is 13.3. The first-order chi connectivity index (χ1) is 16.0. The van der Waals surface area contributed by atoms with Gasteiger partial charge in [-0.1, -0.05) is 37.6 Å². The molecule has 184 valence electrons. The Balaban J connectivity index is 1.31. The molecule has 0 spiro atoms. The topological polar surface area (TPSA) is 59.0 Å². The summed E-state index contributed by atoms with van der Waals surface area (Å²) in [4.78, 5) is 13.3. The molecule has 1 saturated heterocycles. The van der Waals surface area contributed by atoms with E-state index >= 15 is 0 Å². The fourth-order valence-electron chi connectivity index (χ4n) is 6.73. The molecule has 1 aromatic heterocycles. The summed E-state index contributed by atoms with van der Waals surface area (Å²) in [6.07, 6.45) is 6.69. The molecule has 2 N–H and O–H groups in total. The van der Waals surface area contributed by atoms with E-state index in [1.165, 1.54) is 19.3 Å². The zero-order chi connectivity index (χ0) is 24.3. The molecule has 1 amide bonds. The van der Waals surface area contributed by atoms with Crippen molar-refractivity contribution in [2.75, 3.05) is 6.54 Å². The second kappa shape index (κ2) is 8.67. The number of hydrogen-bond acceptors (Lipinski definition) is 3. The number of carbonyl (C=O) groups excluding carboxylic acids is 1. The second-order valence-corrected chi connectivity index (χ2v) is 12.8. The van der Waals surface area contributed by atoms with Crippen LogP contribution in [-0.4, -0.2) is 28.3 Å². The fourth-order valence-corrected chi connectivity index (χ4v) is 6.86. The van der Waals surface area contributed by atoms with Gasteiger partial charge in [0, 0.05) is 29.7 Å². The molecular formula is C28H39ClN4O. The largest absolute Gasteiger partial charge is 0.354 e. The Morgan fingerprint density at radius 1 is 1.18 bits per heavy atom. The highest BCUT2D eigenvalue weighted by Crippen LogP contribution is 2.61. The molecule has 3 aliphatic carbocycles. The predicted octanol–water partition coefficient (Wildman–Crippen LogP) is 5.67. The molecule has 2 bridgehead atoms. The van der Waals surface area contributed by atoms with Crippen molar-refractivity contribution in [2.24, 2.45) is 23.2 Å². The van der Waals surface area contributed by atoms with Crippen LogP contribution in [0, 0.1) is 23.2 Å². The van der Waals surface area contributed by atoms with Gasteiger partial charge in [-0.05, 0) is 93.4 Å². The van der Waals surface area contributed by atoms with Crippen LogP contribution < -0.4 is 10.6 Å². The Morgan fingerprint density at radius 2 is 1.91 bits per heavy atom. The fraction of sp³-hybridized carbons (Fsp3) is 0.643. The molecule has 6 atom stereocenters. The van der Waals surface area contributed by atoms with E-state index in [1.807, 2.05) is 16.8 Å². The molecule has 34 heavy (non-hydrogen) atoms. The van der Waals surface area contributed by atoms with E-state index in [9.17, 15) is 4.79 Å². The molecule has 4 aliphatic rings. The summed E-state index contributed by atoms with van der Waals surface area (Å²) >= 11 is 6.15. The Bertz CT molecular complexity index is 1040. The van der Waals surface area contributed by atoms with Gasteiger partial charge in [0.15, 0.2) is 0 Å². The van der Waals surface area contributed by atoms with E-state index in [2.05, 4.69) is 69.6 Å². The van der Waals surface area contributed by atoms with E-state index in [-0.39, 0.29) is 29.4 Å². The van der Waals surface area contributed by atoms with Crippen LogP contribution in [0.15, 0.2) is 36.5 Å². The van der Waals surface area contributed by atoms with Crippen LogP contribution in [0.3, 0.4) is 0 Å². The van der Waals surface area contributed by atoms with E-state index in [0.29, 0.717) is 11.3 Å². The minimum absolute atomic E-state index is 0.0253. The summed E-state index contributed by atoms with van der Waals surface area (Å²) in [5.41, 5.74) is 2.54. The maximum Gasteiger partial charge on any atom is 0.237 e. The van der Waals surface area contributed by atoms with E-state index in [4.69, 9.17) is 16.7 Å². The first-order valence-corrected chi connectivity index (χ1v) is 13.3. The van der Waals surface area contributed by atoms with Crippen molar-refractivity contribution in [1.29, 1.82) is 0 Å². The average Bonchev–Trinajstić information content (AvgIpc) is 3.45. The average molecular weight is 483 g/mol. The summed E-state index contributed by atoms with van der Waals surface area (Å²) in [5, 5.41) is 12.6. The quantitative estimate of drug-likeness (QED) is 0.577. The summed E-state index contributed by atoms with van der Waals surface area (Å²) in [6, 6.07) is 9.88. The van der Waals surface area contributed by atoms with Gasteiger partial charge in [0.1, 0.15) is 0 Å². The number of hydrogen-bond donors (Lipinski definition) is 2. The Morgan fingerprint density at radius 3 is 2.53 bits per heavy atom. The summed E-state index contributed by atoms with van der Waals surface area (Å²) in [7, 11) is 0. The molecule has 3 saturated carbocycles. The number of halogens is 1. The second-order valence-electron chi connectivity index (χ2n) is 12.4. The monoisotopic (exact) mass is 482 g/mol. The molecule has 4 fully saturated rings. The number of aromatic nitrogens is 2. The Labute approximate surface area is 209 Å². The summed E-state index contributed by atoms with van der Waals surface area (Å²) < 4.78 is 2.02. The third-order valence-corrected chi connectivity index (χ3v) is 9.29. The maximum absolute atomic E-state index is 13.3. The number of fused-ring (bicyclic) bond motifs is 2. The van der Waals surface area contributed by atoms with Gasteiger partial charge < -0.3 is 5.32 Å². The van der Waals surface area contributed by atoms with Gasteiger partial charge in [-0.3, -0.25) is 14.8 Å². The summed E-state index contributed by atoms with van der Waals surface area (Å²) in [6.45, 7) is 12.1. The van der Waals surface area contributed by atoms with Crippen molar-refractivity contribution in [2.45, 2.75) is 83.8 Å². The molecule has 0 unspecified atom stereocenters. The predicted molar refractivity (Wildman–Crippen MR) is 137 cm³/mol. The van der Waals surface area contributed by atoms with Crippen molar-refractivity contribution in [3.05, 3.63) is 52.8 Å². The van der Waals surface area contributed by atoms with Crippen LogP contribution in [0.4, 0.5) is 0 Å². The van der Waals surface area contributed by atoms with E-state index in [1.54, 1.807) is 0 Å². The lowest BCUT2D eigenvalue weighted by molar-refractivity contribution is -0.126. The highest BCUT2D eigenvalue weighted by atomic mass is 35.5. The van der Waals surface area contributed by atoms with E-state index < -0.39 is 0 Å². The number of nitrogens with zero attached hydrogens (tertiary/aromatic N) is 2. The van der Waals surface area contributed by atoms with Crippen LogP contribution in [0.25, 0.3) is 0 Å². The SMILES string of the molecule is CC1(C)[C@H]2CC[C@@H](CNC(=O)[C@@H]3C[C@H](c4ccn(C(C)(C)C)n4)[C@H](c4ccc(Cl)cc4)N3)[C@H]1C2. The molecule has 0 radical (unpaired) electrons. The number of nitrogens with one attached hydrogen (secondary N) is 2. The third kappa shape index (κ3) is 4.30. The van der Waals surface area contributed by atoms with Crippen molar-refractivity contribution in [3.8, 4) is 0 Å². The highest BCUT2D eigenvalue weighted by molar-refractivity contribution is 6.30. The lowest BCUT2D eigenvalue weighted by Gasteiger charge is -2.60. The van der Waals surface area contributed by atoms with Crippen LogP contribution in [0.2, 0.25) is 5.02 Å².